The van der Waals surface area contributed by atoms with Crippen molar-refractivity contribution < 1.29 is 19.1 Å². The second-order valence-corrected chi connectivity index (χ2v) is 7.26. The number of aromatic nitrogens is 4. The second-order valence-electron chi connectivity index (χ2n) is 7.26. The van der Waals surface area contributed by atoms with Crippen LogP contribution in [0.3, 0.4) is 0 Å². The zero-order valence-corrected chi connectivity index (χ0v) is 17.4. The zero-order valence-electron chi connectivity index (χ0n) is 24.4. The molecule has 2 N–H and O–H groups in total. The van der Waals surface area contributed by atoms with Crippen LogP contribution in [0.2, 0.25) is 0 Å². The third-order valence-corrected chi connectivity index (χ3v) is 5.17. The zero-order chi connectivity index (χ0) is 28.8. The number of anilines is 1. The van der Waals surface area contributed by atoms with Gasteiger partial charge in [0.25, 0.3) is 0 Å². The Morgan fingerprint density at radius 3 is 2.79 bits per heavy atom. The molecule has 5 rings (SSSR count). The van der Waals surface area contributed by atoms with Crippen LogP contribution in [-0.2, 0) is 4.79 Å². The predicted octanol–water partition coefficient (Wildman–Crippen LogP) is 4.22. The second kappa shape index (κ2) is 8.74. The van der Waals surface area contributed by atoms with Crippen LogP contribution in [0.15, 0.2) is 73.5 Å². The molecule has 8 heteroatoms. The Hall–Kier alpha value is -4.20. The summed E-state index contributed by atoms with van der Waals surface area (Å²) in [4.78, 5) is 21.8. The highest BCUT2D eigenvalue weighted by Crippen LogP contribution is 2.34. The van der Waals surface area contributed by atoms with Gasteiger partial charge in [0.15, 0.2) is 5.65 Å². The number of hydrogen-bond donors (Lipinski definition) is 1. The number of rotatable bonds is 5. The van der Waals surface area contributed by atoms with Crippen molar-refractivity contribution >= 4 is 22.8 Å². The molecule has 166 valence electrons. The molecular weight excluding hydrogens is 416 g/mol. The van der Waals surface area contributed by atoms with Crippen molar-refractivity contribution in [2.75, 3.05) is 18.8 Å². The number of fused-ring (bicyclic) bond motifs is 1. The molecule has 1 atom stereocenters. The van der Waals surface area contributed by atoms with E-state index in [1.165, 1.54) is 0 Å². The Kier molecular flexibility index (Phi) is 3.72. The van der Waals surface area contributed by atoms with Crippen molar-refractivity contribution in [2.24, 2.45) is 0 Å². The summed E-state index contributed by atoms with van der Waals surface area (Å²) in [6.45, 7) is -4.15. The maximum absolute atomic E-state index is 12.8. The van der Waals surface area contributed by atoms with E-state index in [2.05, 4.69) is 15.1 Å². The standard InChI is InChI=1S/C25H24N6O2/c1-2-21(32)30-14-6-7-18(15-30)31-25-22(24(26)27-16-28-25)23(29-31)17-10-12-20(13-11-17)33-19-8-4-3-5-9-19/h2-5,8-13,16,18H,1,6-7,14-15H2,(H2,26,27,28)/t18-/m1/s1/i1D2,2D,7D2,15D2. The molecule has 4 aromatic rings. The third-order valence-electron chi connectivity index (χ3n) is 5.17. The van der Waals surface area contributed by atoms with Crippen LogP contribution in [0.5, 0.6) is 11.5 Å². The van der Waals surface area contributed by atoms with E-state index in [9.17, 15) is 4.79 Å². The van der Waals surface area contributed by atoms with E-state index in [0.29, 0.717) is 22.0 Å². The molecule has 1 fully saturated rings. The van der Waals surface area contributed by atoms with Gasteiger partial charge in [-0.2, -0.15) is 5.10 Å². The molecular formula is C25H24N6O2. The molecule has 1 aliphatic rings. The lowest BCUT2D eigenvalue weighted by molar-refractivity contribution is -0.127. The fourth-order valence-corrected chi connectivity index (χ4v) is 3.62. The monoisotopic (exact) mass is 447 g/mol. The lowest BCUT2D eigenvalue weighted by Crippen LogP contribution is -2.40. The van der Waals surface area contributed by atoms with Gasteiger partial charge in [0.1, 0.15) is 29.3 Å². The van der Waals surface area contributed by atoms with Crippen molar-refractivity contribution in [1.29, 1.82) is 0 Å². The first-order chi connectivity index (χ1) is 18.9. The molecule has 33 heavy (non-hydrogen) atoms. The van der Waals surface area contributed by atoms with Crippen LogP contribution in [-0.4, -0.2) is 43.6 Å². The average molecular weight is 448 g/mol. The van der Waals surface area contributed by atoms with Gasteiger partial charge >= 0.3 is 0 Å². The van der Waals surface area contributed by atoms with Crippen molar-refractivity contribution in [1.82, 2.24) is 24.6 Å². The molecule has 0 aliphatic carbocycles. The van der Waals surface area contributed by atoms with Crippen molar-refractivity contribution in [3.05, 3.63) is 73.5 Å². The van der Waals surface area contributed by atoms with Gasteiger partial charge in [-0.3, -0.25) is 4.79 Å². The van der Waals surface area contributed by atoms with Gasteiger partial charge in [-0.05, 0) is 55.2 Å². The van der Waals surface area contributed by atoms with Gasteiger partial charge in [-0.25, -0.2) is 14.6 Å². The highest BCUT2D eigenvalue weighted by Gasteiger charge is 2.28. The number of piperidine rings is 1. The van der Waals surface area contributed by atoms with Crippen molar-refractivity contribution in [3.63, 3.8) is 0 Å². The number of likely N-dealkylation sites (tertiary alicyclic amines) is 1. The molecule has 1 saturated heterocycles. The lowest BCUT2D eigenvalue weighted by atomic mass is 10.1. The summed E-state index contributed by atoms with van der Waals surface area (Å²) in [5, 5.41) is 4.84. The van der Waals surface area contributed by atoms with Crippen LogP contribution in [0.4, 0.5) is 5.82 Å². The molecule has 1 aliphatic heterocycles. The fraction of sp³-hybridized carbons (Fsp3) is 0.200. The Bertz CT molecular complexity index is 1610. The smallest absolute Gasteiger partial charge is 0.246 e. The maximum Gasteiger partial charge on any atom is 0.246 e. The molecule has 0 unspecified atom stereocenters. The van der Waals surface area contributed by atoms with E-state index in [1.54, 1.807) is 24.3 Å². The fourth-order valence-electron chi connectivity index (χ4n) is 3.62. The number of nitrogens with two attached hydrogens (primary N) is 1. The SMILES string of the molecule is [2H]C([2H])=C([2H])C(=O)N1CCC([2H])([2H])[C@@H](n2nc(-c3ccc(Oc4ccccc4)cc3)c3c(N)ncnc32)C1([2H])[2H]. The molecule has 2 aromatic heterocycles. The van der Waals surface area contributed by atoms with Crippen LogP contribution < -0.4 is 10.5 Å². The van der Waals surface area contributed by atoms with E-state index in [-0.39, 0.29) is 35.5 Å². The lowest BCUT2D eigenvalue weighted by Gasteiger charge is -2.32. The number of hydrogen-bond acceptors (Lipinski definition) is 6. The Balaban J connectivity index is 1.61. The minimum absolute atomic E-state index is 0.0464. The number of carbonyl (C=O) groups is 1. The van der Waals surface area contributed by atoms with Gasteiger partial charge in [0, 0.05) is 21.3 Å². The number of carbonyl (C=O) groups excluding carboxylic acids is 1. The minimum atomic E-state index is -2.72. The van der Waals surface area contributed by atoms with Crippen LogP contribution in [0.1, 0.15) is 28.4 Å². The topological polar surface area (TPSA) is 99.2 Å². The quantitative estimate of drug-likeness (QED) is 0.460. The number of amides is 1. The van der Waals surface area contributed by atoms with Gasteiger partial charge in [-0.1, -0.05) is 24.7 Å². The minimum Gasteiger partial charge on any atom is -0.457 e. The Morgan fingerprint density at radius 1 is 1.21 bits per heavy atom. The largest absolute Gasteiger partial charge is 0.457 e. The van der Waals surface area contributed by atoms with Gasteiger partial charge < -0.3 is 15.4 Å². The maximum atomic E-state index is 12.8. The normalized spacial score (nSPS) is 22.0. The molecule has 2 aromatic carbocycles. The number of nitrogen functional groups attached to an aromatic ring is 1. The van der Waals surface area contributed by atoms with Crippen molar-refractivity contribution in [3.8, 4) is 22.8 Å². The van der Waals surface area contributed by atoms with E-state index in [1.807, 2.05) is 30.3 Å². The highest BCUT2D eigenvalue weighted by molar-refractivity contribution is 5.98. The predicted molar refractivity (Wildman–Crippen MR) is 127 cm³/mol. The van der Waals surface area contributed by atoms with E-state index >= 15 is 0 Å². The van der Waals surface area contributed by atoms with Crippen molar-refractivity contribution in [2.45, 2.75) is 18.8 Å². The molecule has 8 nitrogen and oxygen atoms in total. The van der Waals surface area contributed by atoms with Gasteiger partial charge in [-0.15, -0.1) is 0 Å². The first kappa shape index (κ1) is 14.1. The summed E-state index contributed by atoms with van der Waals surface area (Å²) in [6, 6.07) is 13.4. The third kappa shape index (κ3) is 4.03. The van der Waals surface area contributed by atoms with Crippen LogP contribution in [0.25, 0.3) is 22.3 Å². The average Bonchev–Trinajstić information content (AvgIpc) is 3.28. The number of nitrogens with zero attached hydrogens (tertiary/aromatic N) is 5. The summed E-state index contributed by atoms with van der Waals surface area (Å²) in [6.07, 6.45) is -1.34. The van der Waals surface area contributed by atoms with Gasteiger partial charge in [0.05, 0.1) is 18.3 Å². The molecule has 3 heterocycles. The summed E-state index contributed by atoms with van der Waals surface area (Å²) in [5.74, 6) is 0.0621. The van der Waals surface area contributed by atoms with E-state index < -0.39 is 37.4 Å². The summed E-state index contributed by atoms with van der Waals surface area (Å²) < 4.78 is 64.3. The van der Waals surface area contributed by atoms with E-state index in [0.717, 1.165) is 11.0 Å². The number of ether oxygens (including phenoxy) is 1. The molecule has 1 amide bonds. The van der Waals surface area contributed by atoms with Crippen LogP contribution in [0, 0.1) is 0 Å². The summed E-state index contributed by atoms with van der Waals surface area (Å²) in [5.41, 5.74) is 7.09. The first-order valence-electron chi connectivity index (χ1n) is 13.7. The first-order valence-corrected chi connectivity index (χ1v) is 10.2. The molecule has 0 spiro atoms. The molecule has 0 bridgehead atoms. The number of para-hydroxylation sites is 1. The number of benzene rings is 2. The van der Waals surface area contributed by atoms with E-state index in [4.69, 9.17) is 20.1 Å². The molecule has 0 radical (unpaired) electrons. The molecule has 0 saturated carbocycles. The van der Waals surface area contributed by atoms with Gasteiger partial charge in [0.2, 0.25) is 5.91 Å². The Labute approximate surface area is 201 Å². The highest BCUT2D eigenvalue weighted by atomic mass is 16.5. The summed E-state index contributed by atoms with van der Waals surface area (Å²) in [7, 11) is 0. The Morgan fingerprint density at radius 2 is 2.00 bits per heavy atom. The van der Waals surface area contributed by atoms with Crippen LogP contribution >= 0.6 is 0 Å². The summed E-state index contributed by atoms with van der Waals surface area (Å²) >= 11 is 0.